The van der Waals surface area contributed by atoms with E-state index in [4.69, 9.17) is 5.73 Å². The summed E-state index contributed by atoms with van der Waals surface area (Å²) >= 11 is 4.84. The molecule has 3 amide bonds. The number of carbonyl (C=O) groups is 2. The predicted molar refractivity (Wildman–Crippen MR) is 76.4 cm³/mol. The van der Waals surface area contributed by atoms with Gasteiger partial charge >= 0.3 is 6.03 Å². The molecule has 0 bridgehead atoms. The number of nitrogens with two attached hydrogens (primary N) is 1. The molecule has 0 heterocycles. The Bertz CT molecular complexity index is 451. The Labute approximate surface area is 119 Å². The van der Waals surface area contributed by atoms with Crippen LogP contribution in [0.3, 0.4) is 0 Å². The zero-order chi connectivity index (χ0) is 13.7. The Hall–Kier alpha value is -1.01. The number of rotatable bonds is 4. The molecule has 1 rings (SSSR count). The van der Waals surface area contributed by atoms with Crippen LogP contribution in [0.15, 0.2) is 33.6 Å². The van der Waals surface area contributed by atoms with Gasteiger partial charge in [-0.1, -0.05) is 26.0 Å². The molecule has 3 N–H and O–H groups in total. The number of imide groups is 1. The monoisotopic (exact) mass is 330 g/mol. The zero-order valence-corrected chi connectivity index (χ0v) is 12.5. The van der Waals surface area contributed by atoms with Crippen molar-refractivity contribution in [2.24, 2.45) is 11.7 Å². The molecule has 4 nitrogen and oxygen atoms in total. The first kappa shape index (κ1) is 15.0. The lowest BCUT2D eigenvalue weighted by molar-refractivity contribution is -0.120. The molecule has 0 aromatic heterocycles. The van der Waals surface area contributed by atoms with E-state index >= 15 is 0 Å². The van der Waals surface area contributed by atoms with Crippen molar-refractivity contribution in [3.63, 3.8) is 0 Å². The average molecular weight is 331 g/mol. The second-order valence-corrected chi connectivity index (χ2v) is 6.10. The zero-order valence-electron chi connectivity index (χ0n) is 10.1. The van der Waals surface area contributed by atoms with Crippen LogP contribution in [0.25, 0.3) is 0 Å². The third-order valence-corrected chi connectivity index (χ3v) is 4.78. The SMILES string of the molecule is CC(C)C(Sc1ccccc1Br)C(=O)NC(N)=O. The van der Waals surface area contributed by atoms with E-state index in [-0.39, 0.29) is 17.1 Å². The molecule has 0 saturated heterocycles. The second-order valence-electron chi connectivity index (χ2n) is 4.07. The van der Waals surface area contributed by atoms with Crippen LogP contribution >= 0.6 is 27.7 Å². The van der Waals surface area contributed by atoms with Gasteiger partial charge in [0.2, 0.25) is 5.91 Å². The fourth-order valence-electron chi connectivity index (χ4n) is 1.36. The molecular formula is C12H15BrN2O2S. The van der Waals surface area contributed by atoms with Crippen LogP contribution in [-0.4, -0.2) is 17.2 Å². The van der Waals surface area contributed by atoms with Crippen molar-refractivity contribution in [3.8, 4) is 0 Å². The summed E-state index contributed by atoms with van der Waals surface area (Å²) in [4.78, 5) is 23.5. The van der Waals surface area contributed by atoms with Gasteiger partial charge < -0.3 is 5.73 Å². The van der Waals surface area contributed by atoms with Crippen LogP contribution in [0.1, 0.15) is 13.8 Å². The lowest BCUT2D eigenvalue weighted by Crippen LogP contribution is -2.42. The summed E-state index contributed by atoms with van der Waals surface area (Å²) in [6.45, 7) is 3.85. The number of thioether (sulfide) groups is 1. The largest absolute Gasteiger partial charge is 0.351 e. The minimum absolute atomic E-state index is 0.0847. The van der Waals surface area contributed by atoms with E-state index in [1.807, 2.05) is 38.1 Å². The first-order chi connectivity index (χ1) is 8.41. The van der Waals surface area contributed by atoms with E-state index in [0.29, 0.717) is 0 Å². The highest BCUT2D eigenvalue weighted by molar-refractivity contribution is 9.10. The molecule has 1 atom stereocenters. The minimum Gasteiger partial charge on any atom is -0.351 e. The number of nitrogens with one attached hydrogen (secondary N) is 1. The Balaban J connectivity index is 2.84. The Morgan fingerprint density at radius 2 is 1.94 bits per heavy atom. The number of hydrogen-bond donors (Lipinski definition) is 2. The van der Waals surface area contributed by atoms with Crippen LogP contribution in [-0.2, 0) is 4.79 Å². The average Bonchev–Trinajstić information content (AvgIpc) is 2.26. The maximum atomic E-state index is 11.9. The first-order valence-corrected chi connectivity index (χ1v) is 7.10. The molecule has 0 fully saturated rings. The number of amides is 3. The van der Waals surface area contributed by atoms with Gasteiger partial charge in [-0.05, 0) is 34.0 Å². The van der Waals surface area contributed by atoms with Crippen LogP contribution in [0.4, 0.5) is 4.79 Å². The smallest absolute Gasteiger partial charge is 0.318 e. The van der Waals surface area contributed by atoms with E-state index < -0.39 is 6.03 Å². The van der Waals surface area contributed by atoms with Crippen molar-refractivity contribution in [2.75, 3.05) is 0 Å². The molecular weight excluding hydrogens is 316 g/mol. The van der Waals surface area contributed by atoms with Gasteiger partial charge in [-0.3, -0.25) is 10.1 Å². The number of urea groups is 1. The molecule has 0 aliphatic carbocycles. The highest BCUT2D eigenvalue weighted by Crippen LogP contribution is 2.33. The van der Waals surface area contributed by atoms with Crippen LogP contribution in [0.5, 0.6) is 0 Å². The van der Waals surface area contributed by atoms with Crippen LogP contribution in [0.2, 0.25) is 0 Å². The number of benzene rings is 1. The van der Waals surface area contributed by atoms with E-state index in [0.717, 1.165) is 9.37 Å². The molecule has 18 heavy (non-hydrogen) atoms. The van der Waals surface area contributed by atoms with Crippen LogP contribution < -0.4 is 11.1 Å². The fraction of sp³-hybridized carbons (Fsp3) is 0.333. The fourth-order valence-corrected chi connectivity index (χ4v) is 2.98. The van der Waals surface area contributed by atoms with Gasteiger partial charge in [0.05, 0.1) is 5.25 Å². The summed E-state index contributed by atoms with van der Waals surface area (Å²) in [5, 5.41) is 1.76. The molecule has 1 unspecified atom stereocenters. The molecule has 0 spiro atoms. The normalized spacial score (nSPS) is 12.2. The standard InChI is InChI=1S/C12H15BrN2O2S/c1-7(2)10(11(16)15-12(14)17)18-9-6-4-3-5-8(9)13/h3-7,10H,1-2H3,(H3,14,15,16,17). The topological polar surface area (TPSA) is 72.2 Å². The van der Waals surface area contributed by atoms with Gasteiger partial charge in [0, 0.05) is 9.37 Å². The quantitative estimate of drug-likeness (QED) is 0.834. The number of carbonyl (C=O) groups excluding carboxylic acids is 2. The van der Waals surface area contributed by atoms with Gasteiger partial charge in [-0.25, -0.2) is 4.79 Å². The summed E-state index contributed by atoms with van der Waals surface area (Å²) < 4.78 is 0.924. The van der Waals surface area contributed by atoms with Gasteiger partial charge in [0.15, 0.2) is 0 Å². The summed E-state index contributed by atoms with van der Waals surface area (Å²) in [5.41, 5.74) is 4.97. The molecule has 0 aliphatic rings. The minimum atomic E-state index is -0.821. The van der Waals surface area contributed by atoms with Gasteiger partial charge in [0.1, 0.15) is 0 Å². The lowest BCUT2D eigenvalue weighted by Gasteiger charge is -2.19. The molecule has 0 aliphatic heterocycles. The Kier molecular flexibility index (Phi) is 5.68. The number of halogens is 1. The van der Waals surface area contributed by atoms with Crippen molar-refractivity contribution in [3.05, 3.63) is 28.7 Å². The van der Waals surface area contributed by atoms with Crippen molar-refractivity contribution < 1.29 is 9.59 Å². The predicted octanol–water partition coefficient (Wildman–Crippen LogP) is 2.76. The lowest BCUT2D eigenvalue weighted by atomic mass is 10.1. The van der Waals surface area contributed by atoms with E-state index in [1.54, 1.807) is 0 Å². The first-order valence-electron chi connectivity index (χ1n) is 5.43. The molecule has 1 aromatic rings. The van der Waals surface area contributed by atoms with Crippen molar-refractivity contribution in [2.45, 2.75) is 24.0 Å². The maximum Gasteiger partial charge on any atom is 0.318 e. The second kappa shape index (κ2) is 6.80. The Morgan fingerprint density at radius 1 is 1.33 bits per heavy atom. The van der Waals surface area contributed by atoms with Crippen molar-refractivity contribution in [1.82, 2.24) is 5.32 Å². The van der Waals surface area contributed by atoms with Gasteiger partial charge in [0.25, 0.3) is 0 Å². The maximum absolute atomic E-state index is 11.9. The molecule has 98 valence electrons. The summed E-state index contributed by atoms with van der Waals surface area (Å²) in [7, 11) is 0. The summed E-state index contributed by atoms with van der Waals surface area (Å²) in [6.07, 6.45) is 0. The number of hydrogen-bond acceptors (Lipinski definition) is 3. The van der Waals surface area contributed by atoms with Gasteiger partial charge in [-0.2, -0.15) is 0 Å². The van der Waals surface area contributed by atoms with E-state index in [9.17, 15) is 9.59 Å². The molecule has 1 aromatic carbocycles. The molecule has 0 radical (unpaired) electrons. The van der Waals surface area contributed by atoms with Gasteiger partial charge in [-0.15, -0.1) is 11.8 Å². The van der Waals surface area contributed by atoms with Crippen molar-refractivity contribution >= 4 is 39.6 Å². The van der Waals surface area contributed by atoms with E-state index in [2.05, 4.69) is 21.2 Å². The highest BCUT2D eigenvalue weighted by Gasteiger charge is 2.25. The van der Waals surface area contributed by atoms with Crippen LogP contribution in [0, 0.1) is 5.92 Å². The Morgan fingerprint density at radius 3 is 2.44 bits per heavy atom. The van der Waals surface area contributed by atoms with Crippen molar-refractivity contribution in [1.29, 1.82) is 0 Å². The summed E-state index contributed by atoms with van der Waals surface area (Å²) in [6, 6.07) is 6.81. The third-order valence-electron chi connectivity index (χ3n) is 2.20. The van der Waals surface area contributed by atoms with E-state index in [1.165, 1.54) is 11.8 Å². The third kappa shape index (κ3) is 4.34. The highest BCUT2D eigenvalue weighted by atomic mass is 79.9. The molecule has 0 saturated carbocycles. The summed E-state index contributed by atoms with van der Waals surface area (Å²) in [5.74, 6) is -0.278. The molecule has 6 heteroatoms. The number of primary amides is 1.